The van der Waals surface area contributed by atoms with E-state index in [2.05, 4.69) is 78.5 Å². The quantitative estimate of drug-likeness (QED) is 0.201. The number of allylic oxidation sites excluding steroid dienone is 1. The predicted octanol–water partition coefficient (Wildman–Crippen LogP) is 5.81. The van der Waals surface area contributed by atoms with Crippen LogP contribution in [-0.4, -0.2) is 37.1 Å². The van der Waals surface area contributed by atoms with Crippen LogP contribution in [0.25, 0.3) is 11.1 Å². The minimum atomic E-state index is 0.160. The molecule has 0 spiro atoms. The molecule has 3 rings (SSSR count). The van der Waals surface area contributed by atoms with Crippen molar-refractivity contribution in [3.8, 4) is 5.75 Å². The van der Waals surface area contributed by atoms with Gasteiger partial charge >= 0.3 is 0 Å². The molecule has 30 heavy (non-hydrogen) atoms. The smallest absolute Gasteiger partial charge is 0.135 e. The van der Waals surface area contributed by atoms with Gasteiger partial charge in [0, 0.05) is 6.54 Å². The summed E-state index contributed by atoms with van der Waals surface area (Å²) >= 11 is 0. The Bertz CT molecular complexity index is 922. The van der Waals surface area contributed by atoms with Gasteiger partial charge < -0.3 is 4.74 Å². The molecule has 1 N–H and O–H groups in total. The van der Waals surface area contributed by atoms with Crippen LogP contribution in [0.4, 0.5) is 0 Å². The first-order valence-electron chi connectivity index (χ1n) is 10.2. The number of rotatable bonds is 10. The summed E-state index contributed by atoms with van der Waals surface area (Å²) in [5.41, 5.74) is 6.18. The fourth-order valence-corrected chi connectivity index (χ4v) is 3.48. The summed E-state index contributed by atoms with van der Waals surface area (Å²) in [6.07, 6.45) is 0.936. The SMILES string of the molecule is CC/C(=C(\c1ccccc1)c1ccc(OCCN(C)COO)cc1)c1ccccc1. The maximum absolute atomic E-state index is 8.49. The predicted molar refractivity (Wildman–Crippen MR) is 122 cm³/mol. The molecule has 0 aromatic heterocycles. The van der Waals surface area contributed by atoms with E-state index in [-0.39, 0.29) is 6.73 Å². The largest absolute Gasteiger partial charge is 0.492 e. The van der Waals surface area contributed by atoms with Crippen molar-refractivity contribution in [1.29, 1.82) is 0 Å². The van der Waals surface area contributed by atoms with Crippen molar-refractivity contribution in [2.24, 2.45) is 0 Å². The number of ether oxygens (including phenoxy) is 1. The van der Waals surface area contributed by atoms with Crippen molar-refractivity contribution in [2.45, 2.75) is 13.3 Å². The van der Waals surface area contributed by atoms with Crippen molar-refractivity contribution < 1.29 is 14.9 Å². The average Bonchev–Trinajstić information content (AvgIpc) is 2.79. The number of likely N-dealkylation sites (N-methyl/N-ethyl adjacent to an activating group) is 1. The van der Waals surface area contributed by atoms with Crippen LogP contribution in [0.3, 0.4) is 0 Å². The van der Waals surface area contributed by atoms with Crippen molar-refractivity contribution in [1.82, 2.24) is 4.90 Å². The third kappa shape index (κ3) is 5.80. The topological polar surface area (TPSA) is 41.9 Å². The Morgan fingerprint density at radius 1 is 0.800 bits per heavy atom. The minimum Gasteiger partial charge on any atom is -0.492 e. The molecule has 156 valence electrons. The summed E-state index contributed by atoms with van der Waals surface area (Å²) in [6.45, 7) is 3.54. The molecule has 0 unspecified atom stereocenters. The molecule has 0 heterocycles. The van der Waals surface area contributed by atoms with Gasteiger partial charge in [-0.1, -0.05) is 79.7 Å². The van der Waals surface area contributed by atoms with Gasteiger partial charge in [0.05, 0.1) is 0 Å². The van der Waals surface area contributed by atoms with Gasteiger partial charge in [-0.15, -0.1) is 0 Å². The molecule has 0 bridgehead atoms. The summed E-state index contributed by atoms with van der Waals surface area (Å²) in [5.74, 6) is 0.822. The average molecular weight is 404 g/mol. The molecule has 0 aliphatic carbocycles. The Balaban J connectivity index is 1.89. The Hall–Kier alpha value is -2.92. The van der Waals surface area contributed by atoms with Crippen molar-refractivity contribution in [3.05, 3.63) is 102 Å². The Kier molecular flexibility index (Phi) is 8.21. The highest BCUT2D eigenvalue weighted by molar-refractivity contribution is 5.98. The highest BCUT2D eigenvalue weighted by Gasteiger charge is 2.13. The number of hydrogen-bond acceptors (Lipinski definition) is 4. The van der Waals surface area contributed by atoms with E-state index in [4.69, 9.17) is 9.99 Å². The van der Waals surface area contributed by atoms with Gasteiger partial charge in [-0.25, -0.2) is 4.89 Å². The minimum absolute atomic E-state index is 0.160. The first-order valence-corrected chi connectivity index (χ1v) is 10.2. The van der Waals surface area contributed by atoms with E-state index in [9.17, 15) is 0 Å². The van der Waals surface area contributed by atoms with Crippen molar-refractivity contribution in [3.63, 3.8) is 0 Å². The van der Waals surface area contributed by atoms with Gasteiger partial charge in [0.1, 0.15) is 19.1 Å². The van der Waals surface area contributed by atoms with Crippen LogP contribution in [0.2, 0.25) is 0 Å². The number of nitrogens with zero attached hydrogens (tertiary/aromatic N) is 1. The number of hydrogen-bond donors (Lipinski definition) is 1. The van der Waals surface area contributed by atoms with Crippen LogP contribution in [0, 0.1) is 0 Å². The lowest BCUT2D eigenvalue weighted by Crippen LogP contribution is -2.26. The molecule has 0 amide bonds. The van der Waals surface area contributed by atoms with Crippen molar-refractivity contribution >= 4 is 11.1 Å². The lowest BCUT2D eigenvalue weighted by atomic mass is 9.88. The van der Waals surface area contributed by atoms with Crippen LogP contribution >= 0.6 is 0 Å². The lowest BCUT2D eigenvalue weighted by molar-refractivity contribution is -0.267. The molecule has 0 saturated carbocycles. The second-order valence-electron chi connectivity index (χ2n) is 7.15. The molecular weight excluding hydrogens is 374 g/mol. The molecule has 0 aliphatic heterocycles. The molecule has 0 aliphatic rings. The first kappa shape index (κ1) is 21.8. The normalized spacial score (nSPS) is 12.0. The van der Waals surface area contributed by atoms with E-state index in [1.165, 1.54) is 27.8 Å². The first-order chi connectivity index (χ1) is 14.7. The Labute approximate surface area is 178 Å². The zero-order valence-corrected chi connectivity index (χ0v) is 17.6. The third-order valence-electron chi connectivity index (χ3n) is 5.00. The maximum Gasteiger partial charge on any atom is 0.135 e. The second-order valence-corrected chi connectivity index (χ2v) is 7.15. The van der Waals surface area contributed by atoms with E-state index in [1.807, 2.05) is 30.1 Å². The van der Waals surface area contributed by atoms with Crippen LogP contribution in [-0.2, 0) is 4.89 Å². The molecule has 3 aromatic rings. The Morgan fingerprint density at radius 2 is 1.37 bits per heavy atom. The van der Waals surface area contributed by atoms with Gasteiger partial charge in [-0.2, -0.15) is 0 Å². The van der Waals surface area contributed by atoms with E-state index in [0.29, 0.717) is 13.2 Å². The highest BCUT2D eigenvalue weighted by atomic mass is 17.1. The van der Waals surface area contributed by atoms with E-state index in [1.54, 1.807) is 0 Å². The van der Waals surface area contributed by atoms with Gasteiger partial charge in [0.2, 0.25) is 0 Å². The number of benzene rings is 3. The lowest BCUT2D eigenvalue weighted by Gasteiger charge is -2.17. The van der Waals surface area contributed by atoms with E-state index >= 15 is 0 Å². The molecule has 0 saturated heterocycles. The summed E-state index contributed by atoms with van der Waals surface area (Å²) in [7, 11) is 1.86. The molecule has 4 nitrogen and oxygen atoms in total. The van der Waals surface area contributed by atoms with Gasteiger partial charge in [0.25, 0.3) is 0 Å². The Morgan fingerprint density at radius 3 is 1.93 bits per heavy atom. The van der Waals surface area contributed by atoms with Crippen LogP contribution < -0.4 is 4.74 Å². The zero-order valence-electron chi connectivity index (χ0n) is 17.6. The van der Waals surface area contributed by atoms with Crippen LogP contribution in [0.15, 0.2) is 84.9 Å². The van der Waals surface area contributed by atoms with Crippen molar-refractivity contribution in [2.75, 3.05) is 26.9 Å². The fraction of sp³-hybridized carbons (Fsp3) is 0.231. The zero-order chi connectivity index (χ0) is 21.2. The summed E-state index contributed by atoms with van der Waals surface area (Å²) in [4.78, 5) is 5.96. The summed E-state index contributed by atoms with van der Waals surface area (Å²) in [5, 5.41) is 8.49. The fourth-order valence-electron chi connectivity index (χ4n) is 3.48. The van der Waals surface area contributed by atoms with Crippen LogP contribution in [0.5, 0.6) is 5.75 Å². The molecule has 3 aromatic carbocycles. The molecule has 4 heteroatoms. The highest BCUT2D eigenvalue weighted by Crippen LogP contribution is 2.34. The van der Waals surface area contributed by atoms with E-state index < -0.39 is 0 Å². The molecule has 0 fully saturated rings. The van der Waals surface area contributed by atoms with Gasteiger partial charge in [0.15, 0.2) is 0 Å². The monoisotopic (exact) mass is 403 g/mol. The third-order valence-corrected chi connectivity index (χ3v) is 5.00. The molecule has 0 radical (unpaired) electrons. The standard InChI is InChI=1S/C26H29NO3/c1-3-25(21-10-6-4-7-11-21)26(22-12-8-5-9-13-22)23-14-16-24(17-15-23)29-19-18-27(2)20-30-28/h4-17,28H,3,18-20H2,1-2H3/b26-25-. The molecule has 0 atom stereocenters. The second kappa shape index (κ2) is 11.3. The molecular formula is C26H29NO3. The summed E-state index contributed by atoms with van der Waals surface area (Å²) < 4.78 is 5.84. The van der Waals surface area contributed by atoms with Crippen LogP contribution in [0.1, 0.15) is 30.0 Å². The van der Waals surface area contributed by atoms with E-state index in [0.717, 1.165) is 12.2 Å². The maximum atomic E-state index is 8.49. The summed E-state index contributed by atoms with van der Waals surface area (Å²) in [6, 6.07) is 29.4. The van der Waals surface area contributed by atoms with Gasteiger partial charge in [-0.05, 0) is 53.4 Å². The van der Waals surface area contributed by atoms with Gasteiger partial charge in [-0.3, -0.25) is 10.2 Å².